The number of tetrazole rings is 1. The summed E-state index contributed by atoms with van der Waals surface area (Å²) in [5.41, 5.74) is 0. The third kappa shape index (κ3) is 5.24. The van der Waals surface area contributed by atoms with Crippen LogP contribution in [0.5, 0.6) is 0 Å². The molecule has 3 rings (SSSR count). The molecule has 0 radical (unpaired) electrons. The second-order valence-electron chi connectivity index (χ2n) is 7.15. The first-order valence-corrected chi connectivity index (χ1v) is 10.9. The van der Waals surface area contributed by atoms with Crippen LogP contribution in [-0.4, -0.2) is 62.2 Å². The van der Waals surface area contributed by atoms with Crippen molar-refractivity contribution in [1.82, 2.24) is 29.6 Å². The fourth-order valence-corrected chi connectivity index (χ4v) is 4.25. The number of unbranched alkanes of at least 4 members (excludes halogenated alkanes) is 1. The predicted octanol–water partition coefficient (Wildman–Crippen LogP) is 2.85. The second kappa shape index (κ2) is 9.57. The maximum atomic E-state index is 12.5. The first kappa shape index (κ1) is 20.2. The highest BCUT2D eigenvalue weighted by Crippen LogP contribution is 2.20. The summed E-state index contributed by atoms with van der Waals surface area (Å²) in [6.45, 7) is 6.08. The second-order valence-corrected chi connectivity index (χ2v) is 8.54. The van der Waals surface area contributed by atoms with Crippen LogP contribution in [0.25, 0.3) is 0 Å². The molecule has 1 aliphatic heterocycles. The number of hydrogen-bond acceptors (Lipinski definition) is 6. The van der Waals surface area contributed by atoms with Gasteiger partial charge in [0, 0.05) is 37.5 Å². The van der Waals surface area contributed by atoms with Crippen LogP contribution in [0.15, 0.2) is 17.5 Å². The highest BCUT2D eigenvalue weighted by Gasteiger charge is 2.27. The van der Waals surface area contributed by atoms with Crippen molar-refractivity contribution in [2.45, 2.75) is 45.8 Å². The van der Waals surface area contributed by atoms with Gasteiger partial charge in [-0.15, -0.1) is 11.3 Å². The lowest BCUT2D eigenvalue weighted by molar-refractivity contribution is -0.135. The van der Waals surface area contributed by atoms with E-state index in [-0.39, 0.29) is 5.92 Å². The molecule has 0 N–H and O–H groups in total. The zero-order valence-electron chi connectivity index (χ0n) is 16.1. The molecule has 1 saturated heterocycles. The lowest BCUT2D eigenvalue weighted by Gasteiger charge is -2.32. The molecule has 9 heteroatoms. The number of aromatic nitrogens is 4. The molecule has 0 saturated carbocycles. The zero-order chi connectivity index (χ0) is 19.2. The number of rotatable bonds is 8. The van der Waals surface area contributed by atoms with Gasteiger partial charge in [0.05, 0.1) is 13.2 Å². The molecule has 0 atom stereocenters. The van der Waals surface area contributed by atoms with Crippen LogP contribution in [0, 0.1) is 10.7 Å². The largest absolute Gasteiger partial charge is 0.346 e. The maximum Gasteiger partial charge on any atom is 0.225 e. The quantitative estimate of drug-likeness (QED) is 0.629. The Morgan fingerprint density at radius 3 is 2.74 bits per heavy atom. The predicted molar refractivity (Wildman–Crippen MR) is 109 cm³/mol. The molecule has 0 unspecified atom stereocenters. The van der Waals surface area contributed by atoms with E-state index in [0.29, 0.717) is 23.9 Å². The molecule has 3 heterocycles. The molecule has 2 aromatic heterocycles. The van der Waals surface area contributed by atoms with Crippen molar-refractivity contribution in [1.29, 1.82) is 0 Å². The van der Waals surface area contributed by atoms with Crippen molar-refractivity contribution in [3.8, 4) is 0 Å². The van der Waals surface area contributed by atoms with Crippen LogP contribution in [0.2, 0.25) is 0 Å². The Kier molecular flexibility index (Phi) is 7.14. The number of thiophene rings is 1. The maximum absolute atomic E-state index is 12.5. The van der Waals surface area contributed by atoms with Gasteiger partial charge in [-0.2, -0.15) is 0 Å². The number of hydrogen-bond donors (Lipinski definition) is 0. The summed E-state index contributed by atoms with van der Waals surface area (Å²) in [5.74, 6) is 0.437. The van der Waals surface area contributed by atoms with Gasteiger partial charge < -0.3 is 4.90 Å². The van der Waals surface area contributed by atoms with Crippen LogP contribution in [0.1, 0.15) is 37.5 Å². The van der Waals surface area contributed by atoms with Gasteiger partial charge in [-0.3, -0.25) is 9.69 Å². The number of likely N-dealkylation sites (tertiary alicyclic amines) is 1. The minimum absolute atomic E-state index is 0.144. The molecular formula is C18H28N6OS2. The van der Waals surface area contributed by atoms with E-state index >= 15 is 0 Å². The molecule has 0 bridgehead atoms. The van der Waals surface area contributed by atoms with E-state index in [0.717, 1.165) is 45.3 Å². The molecule has 0 aromatic carbocycles. The summed E-state index contributed by atoms with van der Waals surface area (Å²) < 4.78 is 4.18. The molecule has 2 aromatic rings. The summed E-state index contributed by atoms with van der Waals surface area (Å²) in [6, 6.07) is 4.10. The molecule has 7 nitrogen and oxygen atoms in total. The summed E-state index contributed by atoms with van der Waals surface area (Å²) in [6.07, 6.45) is 3.97. The first-order valence-electron chi connectivity index (χ1n) is 9.58. The van der Waals surface area contributed by atoms with Gasteiger partial charge >= 0.3 is 0 Å². The molecule has 1 amide bonds. The molecule has 0 spiro atoms. The fraction of sp³-hybridized carbons (Fsp3) is 0.667. The van der Waals surface area contributed by atoms with Crippen LogP contribution in [-0.2, 0) is 18.0 Å². The third-order valence-electron chi connectivity index (χ3n) is 5.08. The van der Waals surface area contributed by atoms with Crippen molar-refractivity contribution in [2.75, 3.05) is 26.7 Å². The topological polar surface area (TPSA) is 59.2 Å². The summed E-state index contributed by atoms with van der Waals surface area (Å²) in [4.78, 5) is 18.0. The van der Waals surface area contributed by atoms with E-state index in [1.165, 1.54) is 4.88 Å². The number of carbonyl (C=O) groups excluding carboxylic acids is 1. The Balaban J connectivity index is 1.50. The van der Waals surface area contributed by atoms with E-state index in [1.54, 1.807) is 20.7 Å². The highest BCUT2D eigenvalue weighted by molar-refractivity contribution is 7.71. The minimum Gasteiger partial charge on any atom is -0.346 e. The van der Waals surface area contributed by atoms with Gasteiger partial charge in [0.1, 0.15) is 0 Å². The van der Waals surface area contributed by atoms with Gasteiger partial charge in [-0.25, -0.2) is 9.36 Å². The van der Waals surface area contributed by atoms with Crippen molar-refractivity contribution in [3.63, 3.8) is 0 Å². The average molecular weight is 409 g/mol. The molecule has 0 aliphatic carbocycles. The molecule has 1 fully saturated rings. The van der Waals surface area contributed by atoms with Crippen molar-refractivity contribution in [2.24, 2.45) is 5.92 Å². The lowest BCUT2D eigenvalue weighted by Crippen LogP contribution is -2.42. The van der Waals surface area contributed by atoms with Crippen molar-refractivity contribution in [3.05, 3.63) is 27.2 Å². The van der Waals surface area contributed by atoms with E-state index in [1.807, 2.05) is 18.0 Å². The Hall–Kier alpha value is -1.58. The normalized spacial score (nSPS) is 15.9. The summed E-state index contributed by atoms with van der Waals surface area (Å²) in [7, 11) is 1.93. The number of carbonyl (C=O) groups is 1. The fourth-order valence-electron chi connectivity index (χ4n) is 3.37. The minimum atomic E-state index is 0.144. The van der Waals surface area contributed by atoms with Gasteiger partial charge in [-0.1, -0.05) is 19.4 Å². The van der Waals surface area contributed by atoms with Gasteiger partial charge in [0.25, 0.3) is 0 Å². The Morgan fingerprint density at radius 2 is 2.07 bits per heavy atom. The number of piperidine rings is 1. The highest BCUT2D eigenvalue weighted by atomic mass is 32.1. The number of nitrogens with zero attached hydrogens (tertiary/aromatic N) is 6. The molecule has 1 aliphatic rings. The van der Waals surface area contributed by atoms with E-state index in [2.05, 4.69) is 33.7 Å². The molecule has 148 valence electrons. The monoisotopic (exact) mass is 408 g/mol. The SMILES string of the molecule is CCCCN(C)C(=O)C1CCN(Cn2nnn(Cc3cccs3)c2=S)CC1. The Morgan fingerprint density at radius 1 is 1.33 bits per heavy atom. The summed E-state index contributed by atoms with van der Waals surface area (Å²) >= 11 is 7.22. The van der Waals surface area contributed by atoms with Crippen LogP contribution in [0.4, 0.5) is 0 Å². The Labute approximate surface area is 169 Å². The van der Waals surface area contributed by atoms with Gasteiger partial charge in [-0.05, 0) is 53.4 Å². The van der Waals surface area contributed by atoms with Crippen molar-refractivity contribution >= 4 is 29.5 Å². The average Bonchev–Trinajstić information content (AvgIpc) is 3.32. The van der Waals surface area contributed by atoms with E-state index in [9.17, 15) is 4.79 Å². The molecular weight excluding hydrogens is 380 g/mol. The first-order chi connectivity index (χ1) is 13.1. The van der Waals surface area contributed by atoms with Crippen LogP contribution >= 0.6 is 23.6 Å². The van der Waals surface area contributed by atoms with E-state index < -0.39 is 0 Å². The smallest absolute Gasteiger partial charge is 0.225 e. The molecule has 27 heavy (non-hydrogen) atoms. The standard InChI is InChI=1S/C18H28N6OS2/c1-3-4-9-21(2)17(25)15-7-10-22(11-8-15)14-24-18(26)23(19-20-24)13-16-6-5-12-27-16/h5-6,12,15H,3-4,7-11,13-14H2,1-2H3. The van der Waals surface area contributed by atoms with E-state index in [4.69, 9.17) is 12.2 Å². The van der Waals surface area contributed by atoms with Gasteiger partial charge in [0.2, 0.25) is 10.7 Å². The zero-order valence-corrected chi connectivity index (χ0v) is 17.7. The van der Waals surface area contributed by atoms with Crippen LogP contribution in [0.3, 0.4) is 0 Å². The third-order valence-corrected chi connectivity index (χ3v) is 6.36. The van der Waals surface area contributed by atoms with Gasteiger partial charge in [0.15, 0.2) is 0 Å². The Bertz CT molecular complexity index is 776. The van der Waals surface area contributed by atoms with Crippen LogP contribution < -0.4 is 0 Å². The van der Waals surface area contributed by atoms with Crippen molar-refractivity contribution < 1.29 is 4.79 Å². The lowest BCUT2D eigenvalue weighted by atomic mass is 9.95. The number of amides is 1. The summed E-state index contributed by atoms with van der Waals surface area (Å²) in [5, 5.41) is 10.5.